The van der Waals surface area contributed by atoms with E-state index in [-0.39, 0.29) is 5.91 Å². The first-order chi connectivity index (χ1) is 11.8. The van der Waals surface area contributed by atoms with E-state index in [9.17, 15) is 4.79 Å². The van der Waals surface area contributed by atoms with Gasteiger partial charge in [-0.3, -0.25) is 9.69 Å². The Morgan fingerprint density at radius 2 is 2.12 bits per heavy atom. The summed E-state index contributed by atoms with van der Waals surface area (Å²) in [7, 11) is 0. The van der Waals surface area contributed by atoms with Crippen LogP contribution < -0.4 is 14.8 Å². The van der Waals surface area contributed by atoms with E-state index < -0.39 is 0 Å². The molecule has 2 aliphatic heterocycles. The van der Waals surface area contributed by atoms with Gasteiger partial charge in [0.2, 0.25) is 0 Å². The number of likely N-dealkylation sites (tertiary alicyclic amines) is 1. The van der Waals surface area contributed by atoms with Crippen molar-refractivity contribution in [3.8, 4) is 23.3 Å². The number of hydrogen-bond acceptors (Lipinski definition) is 4. The van der Waals surface area contributed by atoms with Gasteiger partial charge >= 0.3 is 0 Å². The zero-order valence-corrected chi connectivity index (χ0v) is 14.1. The quantitative estimate of drug-likeness (QED) is 0.860. The average Bonchev–Trinajstić information content (AvgIpc) is 3.07. The van der Waals surface area contributed by atoms with Crippen molar-refractivity contribution >= 4 is 5.91 Å². The largest absolute Gasteiger partial charge is 0.486 e. The SMILES string of the molecule is CCC#CCN1CCC[C@@H]1CNC(=O)c1ccc2c(c1)OCCO2. The minimum absolute atomic E-state index is 0.0709. The van der Waals surface area contributed by atoms with Crippen LogP contribution in [-0.2, 0) is 0 Å². The topological polar surface area (TPSA) is 50.8 Å². The van der Waals surface area contributed by atoms with Crippen molar-refractivity contribution in [1.82, 2.24) is 10.2 Å². The molecule has 1 N–H and O–H groups in total. The predicted octanol–water partition coefficient (Wildman–Crippen LogP) is 2.07. The van der Waals surface area contributed by atoms with E-state index in [1.807, 2.05) is 0 Å². The fourth-order valence-corrected chi connectivity index (χ4v) is 3.11. The van der Waals surface area contributed by atoms with E-state index in [1.165, 1.54) is 6.42 Å². The van der Waals surface area contributed by atoms with Gasteiger partial charge in [0.05, 0.1) is 6.54 Å². The lowest BCUT2D eigenvalue weighted by molar-refractivity contribution is 0.0941. The standard InChI is InChI=1S/C19H24N2O3/c1-2-3-4-9-21-10-5-6-16(21)14-20-19(22)15-7-8-17-18(13-15)24-12-11-23-17/h7-8,13,16H,2,5-6,9-12,14H2,1H3,(H,20,22)/t16-/m1/s1. The highest BCUT2D eigenvalue weighted by molar-refractivity contribution is 5.94. The Balaban J connectivity index is 1.55. The number of benzene rings is 1. The Bertz CT molecular complexity index is 648. The van der Waals surface area contributed by atoms with Crippen LogP contribution in [0.15, 0.2) is 18.2 Å². The second-order valence-corrected chi connectivity index (χ2v) is 6.04. The van der Waals surface area contributed by atoms with Crippen LogP contribution in [0, 0.1) is 11.8 Å². The molecule has 24 heavy (non-hydrogen) atoms. The van der Waals surface area contributed by atoms with Gasteiger partial charge < -0.3 is 14.8 Å². The second-order valence-electron chi connectivity index (χ2n) is 6.04. The van der Waals surface area contributed by atoms with Gasteiger partial charge in [0.25, 0.3) is 5.91 Å². The Morgan fingerprint density at radius 1 is 1.29 bits per heavy atom. The Hall–Kier alpha value is -2.19. The number of carbonyl (C=O) groups is 1. The normalized spacial score (nSPS) is 19.5. The molecule has 1 fully saturated rings. The number of rotatable bonds is 4. The van der Waals surface area contributed by atoms with Gasteiger partial charge in [0.1, 0.15) is 13.2 Å². The van der Waals surface area contributed by atoms with Crippen LogP contribution in [0.4, 0.5) is 0 Å². The molecule has 2 heterocycles. The van der Waals surface area contributed by atoms with Gasteiger partial charge in [0, 0.05) is 24.6 Å². The summed E-state index contributed by atoms with van der Waals surface area (Å²) in [6.45, 7) is 5.63. The van der Waals surface area contributed by atoms with Gasteiger partial charge in [-0.2, -0.15) is 0 Å². The van der Waals surface area contributed by atoms with Gasteiger partial charge in [-0.25, -0.2) is 0 Å². The van der Waals surface area contributed by atoms with Crippen LogP contribution in [0.1, 0.15) is 36.5 Å². The van der Waals surface area contributed by atoms with Crippen molar-refractivity contribution in [2.45, 2.75) is 32.2 Å². The molecular weight excluding hydrogens is 304 g/mol. The smallest absolute Gasteiger partial charge is 0.251 e. The minimum atomic E-state index is -0.0709. The summed E-state index contributed by atoms with van der Waals surface area (Å²) in [6, 6.07) is 5.70. The van der Waals surface area contributed by atoms with Crippen molar-refractivity contribution in [3.63, 3.8) is 0 Å². The first-order valence-corrected chi connectivity index (χ1v) is 8.65. The summed E-state index contributed by atoms with van der Waals surface area (Å²) < 4.78 is 11.0. The Morgan fingerprint density at radius 3 is 2.96 bits per heavy atom. The molecule has 128 valence electrons. The van der Waals surface area contributed by atoms with Gasteiger partial charge in [-0.05, 0) is 37.6 Å². The first kappa shape index (κ1) is 16.7. The highest BCUT2D eigenvalue weighted by Gasteiger charge is 2.24. The van der Waals surface area contributed by atoms with Crippen LogP contribution in [0.3, 0.4) is 0 Å². The van der Waals surface area contributed by atoms with Crippen molar-refractivity contribution in [2.24, 2.45) is 0 Å². The molecule has 0 aliphatic carbocycles. The van der Waals surface area contributed by atoms with Crippen molar-refractivity contribution in [2.75, 3.05) is 32.8 Å². The van der Waals surface area contributed by atoms with Crippen molar-refractivity contribution < 1.29 is 14.3 Å². The molecule has 0 saturated carbocycles. The maximum Gasteiger partial charge on any atom is 0.251 e. The molecule has 0 bridgehead atoms. The molecule has 1 aromatic rings. The van der Waals surface area contributed by atoms with Gasteiger partial charge in [-0.1, -0.05) is 12.8 Å². The van der Waals surface area contributed by atoms with E-state index in [0.29, 0.717) is 42.9 Å². The van der Waals surface area contributed by atoms with Crippen LogP contribution in [0.25, 0.3) is 0 Å². The predicted molar refractivity (Wildman–Crippen MR) is 92.4 cm³/mol. The highest BCUT2D eigenvalue weighted by Crippen LogP contribution is 2.30. The highest BCUT2D eigenvalue weighted by atomic mass is 16.6. The average molecular weight is 328 g/mol. The molecule has 1 amide bonds. The molecule has 0 unspecified atom stereocenters. The second kappa shape index (κ2) is 8.07. The summed E-state index contributed by atoms with van der Waals surface area (Å²) in [4.78, 5) is 14.8. The Labute approximate surface area is 143 Å². The number of hydrogen-bond donors (Lipinski definition) is 1. The third-order valence-corrected chi connectivity index (χ3v) is 4.39. The minimum Gasteiger partial charge on any atom is -0.486 e. The number of nitrogens with one attached hydrogen (secondary N) is 1. The maximum absolute atomic E-state index is 12.4. The summed E-state index contributed by atoms with van der Waals surface area (Å²) in [5.74, 6) is 7.58. The van der Waals surface area contributed by atoms with Gasteiger partial charge in [0.15, 0.2) is 11.5 Å². The van der Waals surface area contributed by atoms with Crippen molar-refractivity contribution in [3.05, 3.63) is 23.8 Å². The number of carbonyl (C=O) groups excluding carboxylic acids is 1. The van der Waals surface area contributed by atoms with E-state index in [2.05, 4.69) is 29.0 Å². The number of amides is 1. The third kappa shape index (κ3) is 4.01. The van der Waals surface area contributed by atoms with Crippen LogP contribution in [0.5, 0.6) is 11.5 Å². The Kier molecular flexibility index (Phi) is 5.60. The van der Waals surface area contributed by atoms with Gasteiger partial charge in [-0.15, -0.1) is 5.92 Å². The lowest BCUT2D eigenvalue weighted by Gasteiger charge is -2.22. The fraction of sp³-hybridized carbons (Fsp3) is 0.526. The summed E-state index contributed by atoms with van der Waals surface area (Å²) in [6.07, 6.45) is 3.16. The molecule has 0 spiro atoms. The third-order valence-electron chi connectivity index (χ3n) is 4.39. The number of nitrogens with zero attached hydrogens (tertiary/aromatic N) is 1. The number of ether oxygens (including phenoxy) is 2. The van der Waals surface area contributed by atoms with E-state index in [1.54, 1.807) is 18.2 Å². The van der Waals surface area contributed by atoms with Crippen molar-refractivity contribution in [1.29, 1.82) is 0 Å². The molecular formula is C19H24N2O3. The maximum atomic E-state index is 12.4. The molecule has 5 heteroatoms. The van der Waals surface area contributed by atoms with Crippen LogP contribution in [-0.4, -0.2) is 49.7 Å². The first-order valence-electron chi connectivity index (χ1n) is 8.65. The monoisotopic (exact) mass is 328 g/mol. The zero-order valence-electron chi connectivity index (χ0n) is 14.1. The van der Waals surface area contributed by atoms with E-state index in [0.717, 1.165) is 25.9 Å². The summed E-state index contributed by atoms with van der Waals surface area (Å²) in [5, 5.41) is 3.04. The molecule has 1 aromatic carbocycles. The summed E-state index contributed by atoms with van der Waals surface area (Å²) >= 11 is 0. The molecule has 1 saturated heterocycles. The molecule has 0 aromatic heterocycles. The molecule has 2 aliphatic rings. The van der Waals surface area contributed by atoms with Crippen LogP contribution >= 0.6 is 0 Å². The molecule has 0 radical (unpaired) electrons. The molecule has 5 nitrogen and oxygen atoms in total. The number of fused-ring (bicyclic) bond motifs is 1. The fourth-order valence-electron chi connectivity index (χ4n) is 3.11. The lowest BCUT2D eigenvalue weighted by Crippen LogP contribution is -2.40. The van der Waals surface area contributed by atoms with E-state index >= 15 is 0 Å². The molecule has 3 rings (SSSR count). The summed E-state index contributed by atoms with van der Waals surface area (Å²) in [5.41, 5.74) is 0.606. The lowest BCUT2D eigenvalue weighted by atomic mass is 10.1. The zero-order chi connectivity index (χ0) is 16.8. The molecule has 1 atom stereocenters. The van der Waals surface area contributed by atoms with E-state index in [4.69, 9.17) is 9.47 Å². The van der Waals surface area contributed by atoms with Crippen LogP contribution in [0.2, 0.25) is 0 Å².